The molecule has 0 fully saturated rings. The summed E-state index contributed by atoms with van der Waals surface area (Å²) in [5.74, 6) is 0.634. The third kappa shape index (κ3) is 3.51. The molecular weight excluding hydrogens is 353 g/mol. The Hall–Kier alpha value is 0.390. The van der Waals surface area contributed by atoms with Gasteiger partial charge in [0.25, 0.3) is 0 Å². The highest BCUT2D eigenvalue weighted by atomic mass is 127. The molecule has 0 radical (unpaired) electrons. The van der Waals surface area contributed by atoms with Gasteiger partial charge in [-0.05, 0) is 58.7 Å². The van der Waals surface area contributed by atoms with Crippen molar-refractivity contribution in [1.29, 1.82) is 0 Å². The largest absolute Gasteiger partial charge is 0.324 e. The van der Waals surface area contributed by atoms with Crippen LogP contribution in [0.25, 0.3) is 0 Å². The molecule has 3 heteroatoms. The van der Waals surface area contributed by atoms with Gasteiger partial charge in [-0.15, -0.1) is 0 Å². The van der Waals surface area contributed by atoms with Gasteiger partial charge in [0.15, 0.2) is 0 Å². The van der Waals surface area contributed by atoms with Crippen molar-refractivity contribution in [1.82, 2.24) is 0 Å². The molecule has 2 N–H and O–H groups in total. The molecule has 0 saturated carbocycles. The van der Waals surface area contributed by atoms with E-state index in [0.29, 0.717) is 5.92 Å². The molecule has 0 bridgehead atoms. The summed E-state index contributed by atoms with van der Waals surface area (Å²) in [5, 5.41) is 0. The average Bonchev–Trinajstić information content (AvgIpc) is 2.08. The van der Waals surface area contributed by atoms with Gasteiger partial charge in [-0.25, -0.2) is 0 Å². The molecule has 1 aromatic rings. The molecule has 1 nitrogen and oxygen atoms in total. The molecule has 0 amide bonds. The molecule has 1 atom stereocenters. The Labute approximate surface area is 108 Å². The number of benzene rings is 1. The van der Waals surface area contributed by atoms with Crippen LogP contribution in [0.3, 0.4) is 0 Å². The van der Waals surface area contributed by atoms with Crippen molar-refractivity contribution < 1.29 is 0 Å². The minimum Gasteiger partial charge on any atom is -0.324 e. The summed E-state index contributed by atoms with van der Waals surface area (Å²) in [4.78, 5) is 0. The molecule has 0 aliphatic rings. The summed E-state index contributed by atoms with van der Waals surface area (Å²) in [5.41, 5.74) is 7.35. The first-order valence-electron chi connectivity index (χ1n) is 4.71. The van der Waals surface area contributed by atoms with E-state index in [1.807, 2.05) is 0 Å². The van der Waals surface area contributed by atoms with Crippen molar-refractivity contribution in [3.8, 4) is 0 Å². The maximum Gasteiger partial charge on any atom is 0.0308 e. The van der Waals surface area contributed by atoms with E-state index in [2.05, 4.69) is 70.6 Å². The molecule has 0 aliphatic heterocycles. The third-order valence-electron chi connectivity index (χ3n) is 2.08. The summed E-state index contributed by atoms with van der Waals surface area (Å²) >= 11 is 5.85. The van der Waals surface area contributed by atoms with Gasteiger partial charge in [-0.1, -0.05) is 29.8 Å². The van der Waals surface area contributed by atoms with Crippen LogP contribution in [0.1, 0.15) is 31.9 Å². The van der Waals surface area contributed by atoms with E-state index in [9.17, 15) is 0 Å². The zero-order chi connectivity index (χ0) is 10.7. The number of hydrogen-bond acceptors (Lipinski definition) is 1. The molecule has 0 heterocycles. The fourth-order valence-corrected chi connectivity index (χ4v) is 2.49. The summed E-state index contributed by atoms with van der Waals surface area (Å²) in [6.07, 6.45) is 1.03. The lowest BCUT2D eigenvalue weighted by Crippen LogP contribution is -2.13. The Morgan fingerprint density at radius 3 is 2.64 bits per heavy atom. The van der Waals surface area contributed by atoms with Gasteiger partial charge in [-0.3, -0.25) is 0 Å². The predicted octanol–water partition coefficient (Wildman–Crippen LogP) is 4.10. The first kappa shape index (κ1) is 12.5. The lowest BCUT2D eigenvalue weighted by molar-refractivity contribution is 0.509. The van der Waals surface area contributed by atoms with Crippen molar-refractivity contribution in [3.05, 3.63) is 31.8 Å². The van der Waals surface area contributed by atoms with Gasteiger partial charge in [0.2, 0.25) is 0 Å². The third-order valence-corrected chi connectivity index (χ3v) is 3.48. The highest BCUT2D eigenvalue weighted by molar-refractivity contribution is 14.1. The quantitative estimate of drug-likeness (QED) is 0.799. The normalized spacial score (nSPS) is 13.3. The molecule has 0 spiro atoms. The second-order valence-corrected chi connectivity index (χ2v) is 6.00. The van der Waals surface area contributed by atoms with Crippen LogP contribution in [0.15, 0.2) is 22.7 Å². The van der Waals surface area contributed by atoms with Crippen LogP contribution >= 0.6 is 38.5 Å². The predicted molar refractivity (Wildman–Crippen MR) is 73.2 cm³/mol. The maximum absolute atomic E-state index is 6.13. The van der Waals surface area contributed by atoms with Crippen molar-refractivity contribution in [2.75, 3.05) is 0 Å². The zero-order valence-corrected chi connectivity index (χ0v) is 12.2. The van der Waals surface area contributed by atoms with Gasteiger partial charge < -0.3 is 5.73 Å². The van der Waals surface area contributed by atoms with E-state index in [-0.39, 0.29) is 6.04 Å². The van der Waals surface area contributed by atoms with Gasteiger partial charge in [0.1, 0.15) is 0 Å². The summed E-state index contributed by atoms with van der Waals surface area (Å²) < 4.78 is 2.35. The van der Waals surface area contributed by atoms with E-state index in [4.69, 9.17) is 5.73 Å². The minimum atomic E-state index is 0.138. The Kier molecular flexibility index (Phi) is 4.87. The Morgan fingerprint density at radius 2 is 2.07 bits per heavy atom. The van der Waals surface area contributed by atoms with Crippen molar-refractivity contribution in [2.24, 2.45) is 11.7 Å². The highest BCUT2D eigenvalue weighted by Crippen LogP contribution is 2.27. The second kappa shape index (κ2) is 5.47. The SMILES string of the molecule is CC(C)CC(N)c1cc(I)ccc1Br. The summed E-state index contributed by atoms with van der Waals surface area (Å²) in [6, 6.07) is 6.43. The molecule has 14 heavy (non-hydrogen) atoms. The summed E-state index contributed by atoms with van der Waals surface area (Å²) in [6.45, 7) is 4.39. The zero-order valence-electron chi connectivity index (χ0n) is 8.43. The summed E-state index contributed by atoms with van der Waals surface area (Å²) in [7, 11) is 0. The lowest BCUT2D eigenvalue weighted by atomic mass is 9.98. The molecule has 1 unspecified atom stereocenters. The fourth-order valence-electron chi connectivity index (χ4n) is 1.43. The maximum atomic E-state index is 6.13. The van der Waals surface area contributed by atoms with Crippen molar-refractivity contribution in [2.45, 2.75) is 26.3 Å². The van der Waals surface area contributed by atoms with Crippen LogP contribution in [-0.2, 0) is 0 Å². The average molecular weight is 368 g/mol. The van der Waals surface area contributed by atoms with Gasteiger partial charge in [0, 0.05) is 14.1 Å². The molecule has 78 valence electrons. The van der Waals surface area contributed by atoms with Crippen LogP contribution in [0.5, 0.6) is 0 Å². The first-order chi connectivity index (χ1) is 6.50. The Morgan fingerprint density at radius 1 is 1.43 bits per heavy atom. The number of hydrogen-bond donors (Lipinski definition) is 1. The van der Waals surface area contributed by atoms with E-state index >= 15 is 0 Å². The number of halogens is 2. The van der Waals surface area contributed by atoms with Gasteiger partial charge in [-0.2, -0.15) is 0 Å². The van der Waals surface area contributed by atoms with Crippen LogP contribution in [0.4, 0.5) is 0 Å². The van der Waals surface area contributed by atoms with Crippen molar-refractivity contribution in [3.63, 3.8) is 0 Å². The first-order valence-corrected chi connectivity index (χ1v) is 6.58. The molecule has 0 aromatic heterocycles. The molecule has 0 saturated heterocycles. The van der Waals surface area contributed by atoms with Crippen molar-refractivity contribution >= 4 is 38.5 Å². The fraction of sp³-hybridized carbons (Fsp3) is 0.455. The molecular formula is C11H15BrIN. The van der Waals surface area contributed by atoms with Crippen LogP contribution in [0.2, 0.25) is 0 Å². The second-order valence-electron chi connectivity index (χ2n) is 3.90. The topological polar surface area (TPSA) is 26.0 Å². The van der Waals surface area contributed by atoms with Gasteiger partial charge in [0.05, 0.1) is 0 Å². The van der Waals surface area contributed by atoms with E-state index in [0.717, 1.165) is 10.9 Å². The smallest absolute Gasteiger partial charge is 0.0308 e. The van der Waals surface area contributed by atoms with Crippen LogP contribution in [0, 0.1) is 9.49 Å². The standard InChI is InChI=1S/C11H15BrIN/c1-7(2)5-11(14)9-6-8(13)3-4-10(9)12/h3-4,6-7,11H,5,14H2,1-2H3. The number of nitrogens with two attached hydrogens (primary N) is 1. The highest BCUT2D eigenvalue weighted by Gasteiger charge is 2.11. The minimum absolute atomic E-state index is 0.138. The van der Waals surface area contributed by atoms with Crippen LogP contribution in [-0.4, -0.2) is 0 Å². The van der Waals surface area contributed by atoms with E-state index < -0.39 is 0 Å². The Bertz CT molecular complexity index is 312. The molecule has 1 aromatic carbocycles. The molecule has 1 rings (SSSR count). The molecule has 0 aliphatic carbocycles. The Balaban J connectivity index is 2.88. The monoisotopic (exact) mass is 367 g/mol. The van der Waals surface area contributed by atoms with Crippen LogP contribution < -0.4 is 5.73 Å². The van der Waals surface area contributed by atoms with Gasteiger partial charge >= 0.3 is 0 Å². The van der Waals surface area contributed by atoms with E-state index in [1.165, 1.54) is 9.13 Å². The van der Waals surface area contributed by atoms with E-state index in [1.54, 1.807) is 0 Å². The lowest BCUT2D eigenvalue weighted by Gasteiger charge is -2.16. The number of rotatable bonds is 3.